The summed E-state index contributed by atoms with van der Waals surface area (Å²) in [6.45, 7) is 0. The number of carbonyl (C=O) groups excluding carboxylic acids is 1. The molecule has 0 spiro atoms. The van der Waals surface area contributed by atoms with Crippen molar-refractivity contribution in [3.63, 3.8) is 0 Å². The fraction of sp³-hybridized carbons (Fsp3) is 0.105. The van der Waals surface area contributed by atoms with Gasteiger partial charge < -0.3 is 19.0 Å². The van der Waals surface area contributed by atoms with Gasteiger partial charge in [-0.2, -0.15) is 0 Å². The topological polar surface area (TPSA) is 110 Å². The molecule has 0 bridgehead atoms. The van der Waals surface area contributed by atoms with Gasteiger partial charge in [0.1, 0.15) is 5.75 Å². The number of H-pyrrole nitrogens is 1. The highest BCUT2D eigenvalue weighted by Gasteiger charge is 2.12. The third-order valence-electron chi connectivity index (χ3n) is 3.96. The van der Waals surface area contributed by atoms with E-state index in [2.05, 4.69) is 15.5 Å². The average molecular weight is 365 g/mol. The van der Waals surface area contributed by atoms with Crippen molar-refractivity contribution in [3.05, 3.63) is 64.8 Å². The fourth-order valence-corrected chi connectivity index (χ4v) is 2.70. The third-order valence-corrected chi connectivity index (χ3v) is 3.96. The van der Waals surface area contributed by atoms with Gasteiger partial charge >= 0.3 is 5.76 Å². The summed E-state index contributed by atoms with van der Waals surface area (Å²) in [6, 6.07) is 14.0. The molecule has 0 aliphatic heterocycles. The van der Waals surface area contributed by atoms with Crippen LogP contribution in [0.4, 0.5) is 5.69 Å². The Morgan fingerprint density at radius 1 is 1.22 bits per heavy atom. The smallest absolute Gasteiger partial charge is 0.417 e. The van der Waals surface area contributed by atoms with E-state index in [1.165, 1.54) is 0 Å². The Hall–Kier alpha value is -3.81. The van der Waals surface area contributed by atoms with Crippen molar-refractivity contribution in [2.24, 2.45) is 0 Å². The quantitative estimate of drug-likeness (QED) is 0.563. The van der Waals surface area contributed by atoms with Gasteiger partial charge in [-0.15, -0.1) is 0 Å². The molecule has 2 heterocycles. The van der Waals surface area contributed by atoms with Crippen molar-refractivity contribution < 1.29 is 18.5 Å². The van der Waals surface area contributed by atoms with Crippen molar-refractivity contribution in [2.75, 3.05) is 12.4 Å². The predicted octanol–water partition coefficient (Wildman–Crippen LogP) is 2.97. The zero-order valence-electron chi connectivity index (χ0n) is 14.3. The number of ether oxygens (including phenoxy) is 1. The molecule has 2 N–H and O–H groups in total. The minimum atomic E-state index is -0.541. The van der Waals surface area contributed by atoms with Crippen LogP contribution < -0.4 is 15.8 Å². The lowest BCUT2D eigenvalue weighted by atomic mass is 10.1. The largest absolute Gasteiger partial charge is 0.497 e. The van der Waals surface area contributed by atoms with Crippen LogP contribution in [-0.2, 0) is 11.2 Å². The van der Waals surface area contributed by atoms with Crippen LogP contribution in [-0.4, -0.2) is 23.2 Å². The van der Waals surface area contributed by atoms with Gasteiger partial charge in [0.2, 0.25) is 5.91 Å². The monoisotopic (exact) mass is 365 g/mol. The normalized spacial score (nSPS) is 10.9. The predicted molar refractivity (Wildman–Crippen MR) is 97.7 cm³/mol. The van der Waals surface area contributed by atoms with E-state index in [-0.39, 0.29) is 12.3 Å². The van der Waals surface area contributed by atoms with Crippen molar-refractivity contribution >= 4 is 22.7 Å². The van der Waals surface area contributed by atoms with E-state index < -0.39 is 5.76 Å². The Labute approximate surface area is 152 Å². The molecule has 8 nitrogen and oxygen atoms in total. The Morgan fingerprint density at radius 3 is 2.96 bits per heavy atom. The number of anilines is 1. The Balaban J connectivity index is 1.46. The maximum absolute atomic E-state index is 12.3. The number of rotatable bonds is 5. The first-order valence-electron chi connectivity index (χ1n) is 8.13. The summed E-state index contributed by atoms with van der Waals surface area (Å²) < 4.78 is 15.5. The average Bonchev–Trinajstić information content (AvgIpc) is 3.27. The first kappa shape index (κ1) is 16.6. The van der Waals surface area contributed by atoms with E-state index in [9.17, 15) is 9.59 Å². The molecular weight excluding hydrogens is 350 g/mol. The molecule has 1 amide bonds. The second-order valence-electron chi connectivity index (χ2n) is 5.86. The molecule has 136 valence electrons. The van der Waals surface area contributed by atoms with Crippen LogP contribution in [0.15, 0.2) is 62.3 Å². The number of fused-ring (bicyclic) bond motifs is 1. The number of nitrogens with zero attached hydrogens (tertiary/aromatic N) is 1. The molecule has 0 unspecified atom stereocenters. The van der Waals surface area contributed by atoms with Crippen molar-refractivity contribution in [1.82, 2.24) is 10.1 Å². The van der Waals surface area contributed by atoms with E-state index in [1.807, 2.05) is 24.3 Å². The van der Waals surface area contributed by atoms with E-state index in [0.717, 1.165) is 5.56 Å². The number of hydrogen-bond donors (Lipinski definition) is 2. The molecule has 4 aromatic rings. The number of amides is 1. The molecule has 0 saturated carbocycles. The number of benzene rings is 2. The van der Waals surface area contributed by atoms with Crippen molar-refractivity contribution in [3.8, 4) is 17.1 Å². The highest BCUT2D eigenvalue weighted by atomic mass is 16.5. The summed E-state index contributed by atoms with van der Waals surface area (Å²) in [5, 5.41) is 6.68. The summed E-state index contributed by atoms with van der Waals surface area (Å²) in [5.41, 5.74) is 2.77. The molecule has 0 atom stereocenters. The lowest BCUT2D eigenvalue weighted by molar-refractivity contribution is -0.115. The second kappa shape index (κ2) is 6.83. The Morgan fingerprint density at radius 2 is 2.11 bits per heavy atom. The summed E-state index contributed by atoms with van der Waals surface area (Å²) >= 11 is 0. The molecule has 0 saturated heterocycles. The summed E-state index contributed by atoms with van der Waals surface area (Å²) in [7, 11) is 1.59. The lowest BCUT2D eigenvalue weighted by Crippen LogP contribution is -2.14. The number of carbonyl (C=O) groups is 1. The highest BCUT2D eigenvalue weighted by Crippen LogP contribution is 2.24. The zero-order chi connectivity index (χ0) is 18.8. The molecule has 0 aliphatic carbocycles. The SMILES string of the molecule is COc1cccc(-c2cc(CC(=O)Nc3ccc4[nH]c(=O)oc4c3)no2)c1. The van der Waals surface area contributed by atoms with Crippen molar-refractivity contribution in [1.29, 1.82) is 0 Å². The van der Waals surface area contributed by atoms with Crippen molar-refractivity contribution in [2.45, 2.75) is 6.42 Å². The van der Waals surface area contributed by atoms with E-state index >= 15 is 0 Å². The van der Waals surface area contributed by atoms with Crippen LogP contribution in [0.1, 0.15) is 5.69 Å². The molecule has 27 heavy (non-hydrogen) atoms. The first-order valence-corrected chi connectivity index (χ1v) is 8.13. The molecule has 0 fully saturated rings. The number of methoxy groups -OCH3 is 1. The van der Waals surface area contributed by atoms with Gasteiger partial charge in [-0.1, -0.05) is 17.3 Å². The summed E-state index contributed by atoms with van der Waals surface area (Å²) in [5.74, 6) is 0.445. The molecule has 2 aromatic heterocycles. The van der Waals surface area contributed by atoms with Crippen LogP contribution in [0.2, 0.25) is 0 Å². The molecule has 8 heteroatoms. The molecule has 4 rings (SSSR count). The summed E-state index contributed by atoms with van der Waals surface area (Å²) in [4.78, 5) is 26.0. The number of nitrogens with one attached hydrogen (secondary N) is 2. The lowest BCUT2D eigenvalue weighted by Gasteiger charge is -2.03. The number of oxazole rings is 1. The van der Waals surface area contributed by atoms with E-state index in [1.54, 1.807) is 31.4 Å². The fourth-order valence-electron chi connectivity index (χ4n) is 2.70. The van der Waals surface area contributed by atoms with Gasteiger partial charge in [-0.25, -0.2) is 4.79 Å². The second-order valence-corrected chi connectivity index (χ2v) is 5.86. The number of hydrogen-bond acceptors (Lipinski definition) is 6. The van der Waals surface area contributed by atoms with Crippen LogP contribution in [0.5, 0.6) is 5.75 Å². The maximum atomic E-state index is 12.3. The van der Waals surface area contributed by atoms with Crippen LogP contribution >= 0.6 is 0 Å². The minimum absolute atomic E-state index is 0.0442. The first-order chi connectivity index (χ1) is 13.1. The third kappa shape index (κ3) is 3.59. The molecular formula is C19H15N3O5. The molecule has 0 radical (unpaired) electrons. The minimum Gasteiger partial charge on any atom is -0.497 e. The zero-order valence-corrected chi connectivity index (χ0v) is 14.3. The van der Waals surface area contributed by atoms with E-state index in [4.69, 9.17) is 13.7 Å². The van der Waals surface area contributed by atoms with Gasteiger partial charge in [0, 0.05) is 23.4 Å². The van der Waals surface area contributed by atoms with Crippen LogP contribution in [0.3, 0.4) is 0 Å². The maximum Gasteiger partial charge on any atom is 0.417 e. The standard InChI is InChI=1S/C19H15N3O5/c1-25-14-4-2-3-11(7-14)16-9-13(22-27-16)10-18(23)20-12-5-6-15-17(8-12)26-19(24)21-15/h2-9H,10H2,1H3,(H,20,23)(H,21,24). The van der Waals surface area contributed by atoms with Gasteiger partial charge in [-0.05, 0) is 24.3 Å². The molecule has 0 aliphatic rings. The highest BCUT2D eigenvalue weighted by molar-refractivity contribution is 5.93. The number of aromatic amines is 1. The van der Waals surface area contributed by atoms with Gasteiger partial charge in [0.15, 0.2) is 11.3 Å². The Bertz CT molecular complexity index is 1170. The van der Waals surface area contributed by atoms with Crippen LogP contribution in [0, 0.1) is 0 Å². The molecule has 2 aromatic carbocycles. The van der Waals surface area contributed by atoms with Gasteiger partial charge in [0.05, 0.1) is 24.7 Å². The van der Waals surface area contributed by atoms with E-state index in [0.29, 0.717) is 34.0 Å². The van der Waals surface area contributed by atoms with Gasteiger partial charge in [0.25, 0.3) is 0 Å². The summed E-state index contributed by atoms with van der Waals surface area (Å²) in [6.07, 6.45) is 0.0442. The Kier molecular flexibility index (Phi) is 4.21. The number of aromatic nitrogens is 2. The van der Waals surface area contributed by atoms with Gasteiger partial charge in [-0.3, -0.25) is 9.78 Å². The van der Waals surface area contributed by atoms with Crippen LogP contribution in [0.25, 0.3) is 22.4 Å².